The van der Waals surface area contributed by atoms with E-state index in [-0.39, 0.29) is 11.6 Å². The molecule has 3 nitrogen and oxygen atoms in total. The number of Topliss-reactive ketones (excluding diaryl/α,β-unsaturated/α-hetero) is 3. The maximum absolute atomic E-state index is 10.3. The Balaban J connectivity index is -0.000000209. The molecule has 0 aromatic carbocycles. The number of carbonyl (C=O) groups is 3. The average molecular weight is 272 g/mol. The van der Waals surface area contributed by atoms with Gasteiger partial charge in [0.15, 0.2) is 0 Å². The summed E-state index contributed by atoms with van der Waals surface area (Å²) >= 11 is 0. The third-order valence-corrected chi connectivity index (χ3v) is 2.23. The molecule has 0 aromatic rings. The van der Waals surface area contributed by atoms with E-state index in [9.17, 15) is 14.4 Å². The Morgan fingerprint density at radius 1 is 0.632 bits per heavy atom. The van der Waals surface area contributed by atoms with Gasteiger partial charge >= 0.3 is 0 Å². The molecule has 0 fully saturated rings. The van der Waals surface area contributed by atoms with Gasteiger partial charge < -0.3 is 14.4 Å². The Morgan fingerprint density at radius 2 is 1.05 bits per heavy atom. The average Bonchev–Trinajstić information content (AvgIpc) is 2.30. The summed E-state index contributed by atoms with van der Waals surface area (Å²) < 4.78 is 0. The van der Waals surface area contributed by atoms with E-state index in [0.717, 1.165) is 25.7 Å². The van der Waals surface area contributed by atoms with Crippen molar-refractivity contribution in [2.45, 2.75) is 86.5 Å². The molecular formula is C16H32O3. The summed E-state index contributed by atoms with van der Waals surface area (Å²) in [6, 6.07) is 0. The third kappa shape index (κ3) is 47.2. The first-order valence-corrected chi connectivity index (χ1v) is 7.29. The summed E-state index contributed by atoms with van der Waals surface area (Å²) in [4.78, 5) is 30.2. The molecule has 0 aromatic heterocycles. The topological polar surface area (TPSA) is 51.2 Å². The van der Waals surface area contributed by atoms with Gasteiger partial charge in [0.1, 0.15) is 17.3 Å². The van der Waals surface area contributed by atoms with E-state index in [0.29, 0.717) is 12.2 Å². The Kier molecular flexibility index (Phi) is 23.6. The van der Waals surface area contributed by atoms with E-state index >= 15 is 0 Å². The van der Waals surface area contributed by atoms with Crippen LogP contribution in [0.5, 0.6) is 0 Å². The van der Waals surface area contributed by atoms with Gasteiger partial charge in [-0.25, -0.2) is 0 Å². The SMILES string of the molecule is CCC(C)=O.CCCC(C)=O.CCCCCC(C)=O. The second-order valence-electron chi connectivity index (χ2n) is 4.67. The summed E-state index contributed by atoms with van der Waals surface area (Å²) in [5.41, 5.74) is 0. The van der Waals surface area contributed by atoms with E-state index < -0.39 is 0 Å². The van der Waals surface area contributed by atoms with E-state index in [1.807, 2.05) is 13.8 Å². The fourth-order valence-electron chi connectivity index (χ4n) is 0.976. The van der Waals surface area contributed by atoms with Gasteiger partial charge in [0.2, 0.25) is 0 Å². The molecule has 0 aliphatic heterocycles. The lowest BCUT2D eigenvalue weighted by Gasteiger charge is -1.90. The number of rotatable bonds is 7. The van der Waals surface area contributed by atoms with Crippen LogP contribution in [0.25, 0.3) is 0 Å². The first-order chi connectivity index (χ1) is 8.81. The molecule has 19 heavy (non-hydrogen) atoms. The largest absolute Gasteiger partial charge is 0.300 e. The summed E-state index contributed by atoms with van der Waals surface area (Å²) in [5, 5.41) is 0. The first-order valence-electron chi connectivity index (χ1n) is 7.29. The molecule has 0 bridgehead atoms. The van der Waals surface area contributed by atoms with Gasteiger partial charge in [0.25, 0.3) is 0 Å². The van der Waals surface area contributed by atoms with Crippen molar-refractivity contribution in [2.75, 3.05) is 0 Å². The van der Waals surface area contributed by atoms with Gasteiger partial charge in [0.05, 0.1) is 0 Å². The second kappa shape index (κ2) is 19.4. The minimum atomic E-state index is 0.255. The van der Waals surface area contributed by atoms with Crippen LogP contribution >= 0.6 is 0 Å². The van der Waals surface area contributed by atoms with E-state index in [4.69, 9.17) is 0 Å². The summed E-state index contributed by atoms with van der Waals surface area (Å²) in [6.45, 7) is 10.8. The molecule has 3 heteroatoms. The number of unbranched alkanes of at least 4 members (excludes halogenated alkanes) is 2. The van der Waals surface area contributed by atoms with Crippen molar-refractivity contribution >= 4 is 17.3 Å². The van der Waals surface area contributed by atoms with Gasteiger partial charge in [-0.1, -0.05) is 33.6 Å². The van der Waals surface area contributed by atoms with Crippen molar-refractivity contribution in [1.82, 2.24) is 0 Å². The van der Waals surface area contributed by atoms with Crippen LogP contribution in [-0.4, -0.2) is 17.3 Å². The highest BCUT2D eigenvalue weighted by atomic mass is 16.1. The Morgan fingerprint density at radius 3 is 1.21 bits per heavy atom. The van der Waals surface area contributed by atoms with Crippen molar-refractivity contribution < 1.29 is 14.4 Å². The highest BCUT2D eigenvalue weighted by molar-refractivity contribution is 5.75. The Labute approximate surface area is 119 Å². The van der Waals surface area contributed by atoms with Gasteiger partial charge in [0, 0.05) is 19.3 Å². The lowest BCUT2D eigenvalue weighted by molar-refractivity contribution is -0.117. The van der Waals surface area contributed by atoms with E-state index in [1.165, 1.54) is 12.8 Å². The highest BCUT2D eigenvalue weighted by Gasteiger charge is 1.89. The summed E-state index contributed by atoms with van der Waals surface area (Å²) in [7, 11) is 0. The maximum atomic E-state index is 10.3. The second-order valence-corrected chi connectivity index (χ2v) is 4.67. The molecule has 0 spiro atoms. The fraction of sp³-hybridized carbons (Fsp3) is 0.812. The smallest absolute Gasteiger partial charge is 0.129 e. The molecule has 0 amide bonds. The molecule has 0 saturated carbocycles. The minimum Gasteiger partial charge on any atom is -0.300 e. The third-order valence-electron chi connectivity index (χ3n) is 2.23. The van der Waals surface area contributed by atoms with Crippen LogP contribution in [0.3, 0.4) is 0 Å². The zero-order valence-corrected chi connectivity index (χ0v) is 13.7. The Hall–Kier alpha value is -0.990. The lowest BCUT2D eigenvalue weighted by atomic mass is 10.2. The number of ketones is 3. The van der Waals surface area contributed by atoms with Crippen LogP contribution in [0.4, 0.5) is 0 Å². The highest BCUT2D eigenvalue weighted by Crippen LogP contribution is 1.98. The number of carbonyl (C=O) groups excluding carboxylic acids is 3. The van der Waals surface area contributed by atoms with Gasteiger partial charge in [-0.15, -0.1) is 0 Å². The minimum absolute atomic E-state index is 0.255. The molecule has 0 aliphatic carbocycles. The molecule has 0 aliphatic rings. The van der Waals surface area contributed by atoms with Gasteiger partial charge in [-0.3, -0.25) is 0 Å². The molecule has 0 heterocycles. The summed E-state index contributed by atoms with van der Waals surface area (Å²) in [5.74, 6) is 0.862. The zero-order valence-electron chi connectivity index (χ0n) is 13.7. The number of hydrogen-bond acceptors (Lipinski definition) is 3. The van der Waals surface area contributed by atoms with Crippen molar-refractivity contribution in [2.24, 2.45) is 0 Å². The molecule has 0 saturated heterocycles. The van der Waals surface area contributed by atoms with Gasteiger partial charge in [-0.05, 0) is 33.6 Å². The van der Waals surface area contributed by atoms with Crippen LogP contribution < -0.4 is 0 Å². The quantitative estimate of drug-likeness (QED) is 0.640. The maximum Gasteiger partial charge on any atom is 0.129 e. The number of hydrogen-bond donors (Lipinski definition) is 0. The standard InChI is InChI=1S/C7H14O.C5H10O.C4H8O/c1-3-4-5-6-7(2)8;1-3-4-5(2)6;1-3-4(2)5/h3-6H2,1-2H3;3-4H2,1-2H3;3H2,1-2H3. The van der Waals surface area contributed by atoms with Crippen LogP contribution in [-0.2, 0) is 14.4 Å². The van der Waals surface area contributed by atoms with E-state index in [1.54, 1.807) is 20.8 Å². The molecule has 0 radical (unpaired) electrons. The van der Waals surface area contributed by atoms with Crippen molar-refractivity contribution in [3.05, 3.63) is 0 Å². The zero-order chi connectivity index (χ0) is 15.7. The molecule has 0 rings (SSSR count). The predicted molar refractivity (Wildman–Crippen MR) is 81.4 cm³/mol. The van der Waals surface area contributed by atoms with Crippen LogP contribution in [0.2, 0.25) is 0 Å². The molecule has 114 valence electrons. The van der Waals surface area contributed by atoms with E-state index in [2.05, 4.69) is 6.92 Å². The van der Waals surface area contributed by atoms with Crippen LogP contribution in [0, 0.1) is 0 Å². The fourth-order valence-corrected chi connectivity index (χ4v) is 0.976. The van der Waals surface area contributed by atoms with Crippen LogP contribution in [0.15, 0.2) is 0 Å². The lowest BCUT2D eigenvalue weighted by Crippen LogP contribution is -1.87. The first kappa shape index (κ1) is 23.1. The van der Waals surface area contributed by atoms with Crippen LogP contribution in [0.1, 0.15) is 86.5 Å². The Bertz CT molecular complexity index is 232. The molecule has 0 N–H and O–H groups in total. The van der Waals surface area contributed by atoms with Gasteiger partial charge in [-0.2, -0.15) is 0 Å². The summed E-state index contributed by atoms with van der Waals surface area (Å²) in [6.07, 6.45) is 6.63. The van der Waals surface area contributed by atoms with Crippen molar-refractivity contribution in [3.8, 4) is 0 Å². The monoisotopic (exact) mass is 272 g/mol. The van der Waals surface area contributed by atoms with Crippen molar-refractivity contribution in [1.29, 1.82) is 0 Å². The predicted octanol–water partition coefficient (Wildman–Crippen LogP) is 4.52. The molecule has 0 atom stereocenters. The van der Waals surface area contributed by atoms with Crippen molar-refractivity contribution in [3.63, 3.8) is 0 Å². The molecular weight excluding hydrogens is 240 g/mol. The normalized spacial score (nSPS) is 8.53. The molecule has 0 unspecified atom stereocenters.